The van der Waals surface area contributed by atoms with E-state index in [1.807, 2.05) is 12.1 Å². The van der Waals surface area contributed by atoms with Crippen molar-refractivity contribution in [2.45, 2.75) is 32.6 Å². The lowest BCUT2D eigenvalue weighted by Gasteiger charge is -2.02. The lowest BCUT2D eigenvalue weighted by atomic mass is 10.1. The zero-order chi connectivity index (χ0) is 9.97. The first-order chi connectivity index (χ1) is 6.75. The zero-order valence-electron chi connectivity index (χ0n) is 8.52. The maximum atomic E-state index is 5.91. The summed E-state index contributed by atoms with van der Waals surface area (Å²) in [6.45, 7) is 2.12. The van der Waals surface area contributed by atoms with Gasteiger partial charge in [0.2, 0.25) is 0 Å². The highest BCUT2D eigenvalue weighted by atomic mass is 35.5. The Hall–Kier alpha value is -0.750. The second-order valence-corrected chi connectivity index (χ2v) is 4.45. The van der Waals surface area contributed by atoms with Gasteiger partial charge in [0.25, 0.3) is 0 Å². The van der Waals surface area contributed by atoms with Crippen molar-refractivity contribution in [2.24, 2.45) is 0 Å². The molecule has 1 aliphatic rings. The van der Waals surface area contributed by atoms with Crippen molar-refractivity contribution in [3.8, 4) is 0 Å². The number of aryl methyl sites for hydroxylation is 1. The summed E-state index contributed by atoms with van der Waals surface area (Å²) >= 11 is 5.91. The smallest absolute Gasteiger partial charge is 0.0409 e. The van der Waals surface area contributed by atoms with Crippen molar-refractivity contribution in [3.05, 3.63) is 39.9 Å². The summed E-state index contributed by atoms with van der Waals surface area (Å²) < 4.78 is 0. The quantitative estimate of drug-likeness (QED) is 0.630. The van der Waals surface area contributed by atoms with Crippen LogP contribution in [0.4, 0.5) is 0 Å². The third kappa shape index (κ3) is 2.19. The average molecular weight is 207 g/mol. The van der Waals surface area contributed by atoms with Gasteiger partial charge in [0.1, 0.15) is 0 Å². The molecule has 1 aromatic rings. The van der Waals surface area contributed by atoms with Crippen LogP contribution in [-0.2, 0) is 0 Å². The minimum atomic E-state index is 0.830. The number of rotatable bonds is 1. The van der Waals surface area contributed by atoms with Gasteiger partial charge in [-0.1, -0.05) is 29.3 Å². The Labute approximate surface area is 90.6 Å². The summed E-state index contributed by atoms with van der Waals surface area (Å²) in [5, 5.41) is 0.830. The summed E-state index contributed by atoms with van der Waals surface area (Å²) in [4.78, 5) is 0. The third-order valence-electron chi connectivity index (χ3n) is 2.84. The molecule has 0 spiro atoms. The maximum Gasteiger partial charge on any atom is 0.0409 e. The summed E-state index contributed by atoms with van der Waals surface area (Å²) in [5.74, 6) is 0. The van der Waals surface area contributed by atoms with Gasteiger partial charge in [-0.25, -0.2) is 0 Å². The molecule has 0 radical (unpaired) electrons. The molecule has 0 nitrogen and oxygen atoms in total. The molecular formula is C13H15Cl. The molecule has 2 rings (SSSR count). The third-order valence-corrected chi connectivity index (χ3v) is 3.07. The molecule has 1 aromatic carbocycles. The standard InChI is InChI=1S/C13H15Cl/c1-10-8-13(14)7-6-12(10)9-11-4-2-3-5-11/h6-9H,2-5H2,1H3. The first-order valence-electron chi connectivity index (χ1n) is 5.21. The predicted molar refractivity (Wildman–Crippen MR) is 62.6 cm³/mol. The molecular weight excluding hydrogens is 192 g/mol. The van der Waals surface area contributed by atoms with Crippen LogP contribution in [0.5, 0.6) is 0 Å². The van der Waals surface area contributed by atoms with E-state index in [0.29, 0.717) is 0 Å². The van der Waals surface area contributed by atoms with E-state index in [4.69, 9.17) is 11.6 Å². The highest BCUT2D eigenvalue weighted by molar-refractivity contribution is 6.30. The number of allylic oxidation sites excluding steroid dienone is 1. The molecule has 0 bridgehead atoms. The fourth-order valence-electron chi connectivity index (χ4n) is 1.99. The fraction of sp³-hybridized carbons (Fsp3) is 0.385. The van der Waals surface area contributed by atoms with Crippen LogP contribution in [0.15, 0.2) is 23.8 Å². The molecule has 14 heavy (non-hydrogen) atoms. The number of hydrogen-bond donors (Lipinski definition) is 0. The molecule has 0 aromatic heterocycles. The van der Waals surface area contributed by atoms with Crippen LogP contribution in [0, 0.1) is 6.92 Å². The molecule has 1 aliphatic carbocycles. The van der Waals surface area contributed by atoms with Gasteiger partial charge in [-0.2, -0.15) is 0 Å². The monoisotopic (exact) mass is 206 g/mol. The van der Waals surface area contributed by atoms with Crippen LogP contribution < -0.4 is 0 Å². The normalized spacial score (nSPS) is 16.0. The van der Waals surface area contributed by atoms with Gasteiger partial charge in [0, 0.05) is 5.02 Å². The van der Waals surface area contributed by atoms with Crippen LogP contribution in [0.25, 0.3) is 6.08 Å². The van der Waals surface area contributed by atoms with Crippen LogP contribution in [0.1, 0.15) is 36.8 Å². The Bertz CT molecular complexity index is 355. The molecule has 1 fully saturated rings. The van der Waals surface area contributed by atoms with Crippen molar-refractivity contribution < 1.29 is 0 Å². The lowest BCUT2D eigenvalue weighted by Crippen LogP contribution is -1.81. The van der Waals surface area contributed by atoms with Gasteiger partial charge >= 0.3 is 0 Å². The lowest BCUT2D eigenvalue weighted by molar-refractivity contribution is 0.886. The second kappa shape index (κ2) is 4.18. The maximum absolute atomic E-state index is 5.91. The van der Waals surface area contributed by atoms with Crippen LogP contribution in [-0.4, -0.2) is 0 Å². The first kappa shape index (κ1) is 9.79. The largest absolute Gasteiger partial charge is 0.0843 e. The molecule has 0 aliphatic heterocycles. The van der Waals surface area contributed by atoms with Gasteiger partial charge in [-0.15, -0.1) is 0 Å². The van der Waals surface area contributed by atoms with Gasteiger partial charge in [-0.3, -0.25) is 0 Å². The highest BCUT2D eigenvalue weighted by Gasteiger charge is 2.06. The number of hydrogen-bond acceptors (Lipinski definition) is 0. The van der Waals surface area contributed by atoms with Gasteiger partial charge < -0.3 is 0 Å². The summed E-state index contributed by atoms with van der Waals surface area (Å²) in [5.41, 5.74) is 4.19. The average Bonchev–Trinajstić information content (AvgIpc) is 2.62. The van der Waals surface area contributed by atoms with E-state index in [2.05, 4.69) is 19.1 Å². The molecule has 0 unspecified atom stereocenters. The van der Waals surface area contributed by atoms with Gasteiger partial charge in [0.15, 0.2) is 0 Å². The van der Waals surface area contributed by atoms with E-state index in [1.54, 1.807) is 5.57 Å². The molecule has 0 N–H and O–H groups in total. The molecule has 0 heterocycles. The summed E-state index contributed by atoms with van der Waals surface area (Å²) in [7, 11) is 0. The molecule has 0 saturated heterocycles. The minimum absolute atomic E-state index is 0.830. The Kier molecular flexibility index (Phi) is 2.93. The van der Waals surface area contributed by atoms with E-state index >= 15 is 0 Å². The van der Waals surface area contributed by atoms with Crippen molar-refractivity contribution in [2.75, 3.05) is 0 Å². The molecule has 0 atom stereocenters. The Morgan fingerprint density at radius 2 is 1.93 bits per heavy atom. The van der Waals surface area contributed by atoms with Gasteiger partial charge in [0.05, 0.1) is 0 Å². The van der Waals surface area contributed by atoms with E-state index in [-0.39, 0.29) is 0 Å². The SMILES string of the molecule is Cc1cc(Cl)ccc1C=C1CCCC1. The summed E-state index contributed by atoms with van der Waals surface area (Å²) in [6, 6.07) is 6.11. The zero-order valence-corrected chi connectivity index (χ0v) is 9.27. The Morgan fingerprint density at radius 3 is 2.57 bits per heavy atom. The van der Waals surface area contributed by atoms with E-state index in [0.717, 1.165) is 5.02 Å². The van der Waals surface area contributed by atoms with Crippen LogP contribution in [0.3, 0.4) is 0 Å². The number of benzene rings is 1. The molecule has 1 heteroatoms. The minimum Gasteiger partial charge on any atom is -0.0843 e. The van der Waals surface area contributed by atoms with E-state index < -0.39 is 0 Å². The fourth-order valence-corrected chi connectivity index (χ4v) is 2.22. The molecule has 74 valence electrons. The molecule has 0 amide bonds. The van der Waals surface area contributed by atoms with E-state index in [9.17, 15) is 0 Å². The summed E-state index contributed by atoms with van der Waals surface area (Å²) in [6.07, 6.45) is 7.61. The Morgan fingerprint density at radius 1 is 1.21 bits per heavy atom. The Balaban J connectivity index is 2.28. The van der Waals surface area contributed by atoms with E-state index in [1.165, 1.54) is 36.8 Å². The highest BCUT2D eigenvalue weighted by Crippen LogP contribution is 2.27. The van der Waals surface area contributed by atoms with Crippen molar-refractivity contribution in [1.82, 2.24) is 0 Å². The van der Waals surface area contributed by atoms with Crippen molar-refractivity contribution in [3.63, 3.8) is 0 Å². The van der Waals surface area contributed by atoms with Crippen molar-refractivity contribution >= 4 is 17.7 Å². The first-order valence-corrected chi connectivity index (χ1v) is 5.59. The predicted octanol–water partition coefficient (Wildman–Crippen LogP) is 4.61. The second-order valence-electron chi connectivity index (χ2n) is 4.01. The van der Waals surface area contributed by atoms with Gasteiger partial charge in [-0.05, 0) is 55.9 Å². The van der Waals surface area contributed by atoms with Crippen molar-refractivity contribution in [1.29, 1.82) is 0 Å². The van der Waals surface area contributed by atoms with Crippen LogP contribution >= 0.6 is 11.6 Å². The molecule has 1 saturated carbocycles. The number of halogens is 1. The van der Waals surface area contributed by atoms with Crippen LogP contribution in [0.2, 0.25) is 5.02 Å². The topological polar surface area (TPSA) is 0 Å².